The van der Waals surface area contributed by atoms with E-state index in [0.717, 1.165) is 4.34 Å². The van der Waals surface area contributed by atoms with E-state index in [9.17, 15) is 4.79 Å². The molecule has 0 saturated heterocycles. The number of carboxylic acids is 1. The fourth-order valence-corrected chi connectivity index (χ4v) is 3.88. The van der Waals surface area contributed by atoms with Crippen LogP contribution in [0.15, 0.2) is 10.5 Å². The summed E-state index contributed by atoms with van der Waals surface area (Å²) in [5.74, 6) is -0.874. The van der Waals surface area contributed by atoms with Crippen molar-refractivity contribution in [3.8, 4) is 0 Å². The van der Waals surface area contributed by atoms with Gasteiger partial charge in [0.2, 0.25) is 0 Å². The first-order valence-corrected chi connectivity index (χ1v) is 6.31. The number of rotatable bonds is 3. The van der Waals surface area contributed by atoms with Crippen molar-refractivity contribution in [2.75, 3.05) is 0 Å². The Kier molecular flexibility index (Phi) is 3.08. The molecule has 3 nitrogen and oxygen atoms in total. The molecule has 76 valence electrons. The summed E-state index contributed by atoms with van der Waals surface area (Å²) in [5.41, 5.74) is 0. The smallest absolute Gasteiger partial charge is 0.347 e. The van der Waals surface area contributed by atoms with Crippen LogP contribution in [0.3, 0.4) is 0 Å². The molecule has 1 aliphatic carbocycles. The zero-order valence-corrected chi connectivity index (χ0v) is 9.24. The number of aromatic nitrogens is 1. The van der Waals surface area contributed by atoms with Crippen molar-refractivity contribution in [2.24, 2.45) is 0 Å². The van der Waals surface area contributed by atoms with E-state index in [1.807, 2.05) is 0 Å². The fraction of sp³-hybridized carbons (Fsp3) is 0.556. The van der Waals surface area contributed by atoms with Gasteiger partial charge in [0.15, 0.2) is 4.34 Å². The van der Waals surface area contributed by atoms with E-state index < -0.39 is 5.97 Å². The third kappa shape index (κ3) is 2.27. The molecule has 0 spiro atoms. The Bertz CT molecular complexity index is 331. The third-order valence-electron chi connectivity index (χ3n) is 2.26. The predicted molar refractivity (Wildman–Crippen MR) is 57.2 cm³/mol. The van der Waals surface area contributed by atoms with E-state index in [-0.39, 0.29) is 0 Å². The Morgan fingerprint density at radius 3 is 2.86 bits per heavy atom. The van der Waals surface area contributed by atoms with Crippen LogP contribution in [-0.4, -0.2) is 21.3 Å². The number of hydrogen-bond donors (Lipinski definition) is 1. The first-order chi connectivity index (χ1) is 6.75. The quantitative estimate of drug-likeness (QED) is 0.865. The molecule has 1 heterocycles. The molecule has 1 N–H and O–H groups in total. The number of thioether (sulfide) groups is 1. The van der Waals surface area contributed by atoms with Crippen LogP contribution in [0, 0.1) is 0 Å². The van der Waals surface area contributed by atoms with Gasteiger partial charge in [-0.1, -0.05) is 24.6 Å². The molecule has 0 aromatic carbocycles. The molecule has 0 aliphatic heterocycles. The van der Waals surface area contributed by atoms with Gasteiger partial charge in [-0.3, -0.25) is 0 Å². The van der Waals surface area contributed by atoms with E-state index >= 15 is 0 Å². The molecule has 0 atom stereocenters. The molecule has 0 bridgehead atoms. The third-order valence-corrected chi connectivity index (χ3v) is 4.70. The second-order valence-corrected chi connectivity index (χ2v) is 5.90. The van der Waals surface area contributed by atoms with Gasteiger partial charge in [0.05, 0.1) is 6.20 Å². The number of carboxylic acid groups (broad SMARTS) is 1. The van der Waals surface area contributed by atoms with Crippen LogP contribution in [0.1, 0.15) is 35.4 Å². The minimum Gasteiger partial charge on any atom is -0.477 e. The lowest BCUT2D eigenvalue weighted by Gasteiger charge is -2.03. The summed E-state index contributed by atoms with van der Waals surface area (Å²) in [6.07, 6.45) is 6.53. The molecule has 0 amide bonds. The molecule has 1 aromatic heterocycles. The van der Waals surface area contributed by atoms with Crippen molar-refractivity contribution in [2.45, 2.75) is 35.3 Å². The standard InChI is InChI=1S/C9H11NO2S2/c11-8(12)7-5-10-9(14-7)13-6-3-1-2-4-6/h5-6H,1-4H2,(H,11,12). The maximum absolute atomic E-state index is 10.6. The second kappa shape index (κ2) is 4.31. The Balaban J connectivity index is 1.98. The average molecular weight is 229 g/mol. The zero-order valence-electron chi connectivity index (χ0n) is 7.60. The van der Waals surface area contributed by atoms with Crippen molar-refractivity contribution in [1.29, 1.82) is 0 Å². The van der Waals surface area contributed by atoms with Crippen LogP contribution in [0.5, 0.6) is 0 Å². The predicted octanol–water partition coefficient (Wildman–Crippen LogP) is 2.88. The first kappa shape index (κ1) is 9.98. The highest BCUT2D eigenvalue weighted by molar-refractivity contribution is 8.01. The molecular weight excluding hydrogens is 218 g/mol. The zero-order chi connectivity index (χ0) is 9.97. The summed E-state index contributed by atoms with van der Waals surface area (Å²) in [6.45, 7) is 0. The summed E-state index contributed by atoms with van der Waals surface area (Å²) in [6, 6.07) is 0. The van der Waals surface area contributed by atoms with Crippen molar-refractivity contribution in [3.05, 3.63) is 11.1 Å². The normalized spacial score (nSPS) is 17.4. The highest BCUT2D eigenvalue weighted by Crippen LogP contribution is 2.36. The van der Waals surface area contributed by atoms with Crippen LogP contribution in [0.4, 0.5) is 0 Å². The fourth-order valence-electron chi connectivity index (χ4n) is 1.56. The number of nitrogens with zero attached hydrogens (tertiary/aromatic N) is 1. The van der Waals surface area contributed by atoms with E-state index in [0.29, 0.717) is 10.1 Å². The van der Waals surface area contributed by atoms with E-state index in [4.69, 9.17) is 5.11 Å². The molecule has 1 aliphatic rings. The molecule has 1 saturated carbocycles. The van der Waals surface area contributed by atoms with Crippen molar-refractivity contribution in [1.82, 2.24) is 4.98 Å². The summed E-state index contributed by atoms with van der Waals surface area (Å²) >= 11 is 3.01. The molecular formula is C9H11NO2S2. The van der Waals surface area contributed by atoms with Gasteiger partial charge >= 0.3 is 5.97 Å². The van der Waals surface area contributed by atoms with Crippen LogP contribution in [0.25, 0.3) is 0 Å². The second-order valence-electron chi connectivity index (χ2n) is 3.32. The first-order valence-electron chi connectivity index (χ1n) is 4.61. The van der Waals surface area contributed by atoms with E-state index in [2.05, 4.69) is 4.98 Å². The van der Waals surface area contributed by atoms with Gasteiger partial charge in [-0.25, -0.2) is 9.78 Å². The van der Waals surface area contributed by atoms with E-state index in [1.54, 1.807) is 11.8 Å². The summed E-state index contributed by atoms with van der Waals surface area (Å²) in [7, 11) is 0. The van der Waals surface area contributed by atoms with Gasteiger partial charge in [-0.15, -0.1) is 11.3 Å². The molecule has 1 fully saturated rings. The monoisotopic (exact) mass is 229 g/mol. The Labute approximate surface area is 90.6 Å². The topological polar surface area (TPSA) is 50.2 Å². The van der Waals surface area contributed by atoms with Gasteiger partial charge in [0, 0.05) is 5.25 Å². The Hall–Kier alpha value is -0.550. The van der Waals surface area contributed by atoms with Crippen LogP contribution >= 0.6 is 23.1 Å². The molecule has 14 heavy (non-hydrogen) atoms. The van der Waals surface area contributed by atoms with Crippen LogP contribution in [0.2, 0.25) is 0 Å². The highest BCUT2D eigenvalue weighted by atomic mass is 32.2. The lowest BCUT2D eigenvalue weighted by atomic mass is 10.4. The van der Waals surface area contributed by atoms with Gasteiger partial charge in [-0.2, -0.15) is 0 Å². The van der Waals surface area contributed by atoms with Gasteiger partial charge in [0.1, 0.15) is 4.88 Å². The van der Waals surface area contributed by atoms with Crippen LogP contribution < -0.4 is 0 Å². The maximum atomic E-state index is 10.6. The lowest BCUT2D eigenvalue weighted by molar-refractivity contribution is 0.0702. The molecule has 2 rings (SSSR count). The number of aromatic carboxylic acids is 1. The number of hydrogen-bond acceptors (Lipinski definition) is 4. The Morgan fingerprint density at radius 1 is 1.57 bits per heavy atom. The average Bonchev–Trinajstić information content (AvgIpc) is 2.75. The summed E-state index contributed by atoms with van der Waals surface area (Å²) < 4.78 is 0.898. The molecule has 0 unspecified atom stereocenters. The van der Waals surface area contributed by atoms with Crippen molar-refractivity contribution < 1.29 is 9.90 Å². The number of thiazole rings is 1. The Morgan fingerprint density at radius 2 is 2.29 bits per heavy atom. The summed E-state index contributed by atoms with van der Waals surface area (Å²) in [5, 5.41) is 9.38. The minimum absolute atomic E-state index is 0.338. The van der Waals surface area contributed by atoms with Gasteiger partial charge in [0.25, 0.3) is 0 Å². The lowest BCUT2D eigenvalue weighted by Crippen LogP contribution is -1.92. The largest absolute Gasteiger partial charge is 0.477 e. The maximum Gasteiger partial charge on any atom is 0.347 e. The molecule has 1 aromatic rings. The molecule has 5 heteroatoms. The van der Waals surface area contributed by atoms with Gasteiger partial charge in [-0.05, 0) is 12.8 Å². The summed E-state index contributed by atoms with van der Waals surface area (Å²) in [4.78, 5) is 15.1. The van der Waals surface area contributed by atoms with Gasteiger partial charge < -0.3 is 5.11 Å². The van der Waals surface area contributed by atoms with E-state index in [1.165, 1.54) is 43.2 Å². The van der Waals surface area contributed by atoms with Crippen LogP contribution in [-0.2, 0) is 0 Å². The number of carbonyl (C=O) groups is 1. The molecule has 0 radical (unpaired) electrons. The SMILES string of the molecule is O=C(O)c1cnc(SC2CCCC2)s1. The van der Waals surface area contributed by atoms with Crippen molar-refractivity contribution in [3.63, 3.8) is 0 Å². The van der Waals surface area contributed by atoms with Crippen molar-refractivity contribution >= 4 is 29.1 Å². The highest BCUT2D eigenvalue weighted by Gasteiger charge is 2.18. The minimum atomic E-state index is -0.874.